The Morgan fingerprint density at radius 2 is 1.71 bits per heavy atom. The molecule has 0 saturated carbocycles. The number of hydrogen-bond donors (Lipinski definition) is 2. The Kier molecular flexibility index (Phi) is 7.64. The molecular weight excluding hydrogens is 418 g/mol. The second-order valence-corrected chi connectivity index (χ2v) is 9.20. The Labute approximate surface area is 182 Å². The summed E-state index contributed by atoms with van der Waals surface area (Å²) in [5, 5.41) is 5.48. The van der Waals surface area contributed by atoms with Gasteiger partial charge in [-0.25, -0.2) is 13.2 Å². The molecule has 3 rings (SSSR count). The Balaban J connectivity index is 1.62. The summed E-state index contributed by atoms with van der Waals surface area (Å²) in [7, 11) is -1.94. The predicted octanol–water partition coefficient (Wildman–Crippen LogP) is 3.09. The number of nitrogens with one attached hydrogen (secondary N) is 2. The first-order chi connectivity index (χ1) is 14.9. The molecule has 8 nitrogen and oxygen atoms in total. The lowest BCUT2D eigenvalue weighted by atomic mass is 10.2. The fourth-order valence-electron chi connectivity index (χ4n) is 3.45. The topological polar surface area (TPSA) is 105 Å². The molecule has 0 aliphatic carbocycles. The number of anilines is 2. The molecule has 1 saturated heterocycles. The monoisotopic (exact) mass is 445 g/mol. The van der Waals surface area contributed by atoms with Crippen LogP contribution in [-0.4, -0.2) is 51.3 Å². The van der Waals surface area contributed by atoms with E-state index in [9.17, 15) is 18.0 Å². The van der Waals surface area contributed by atoms with Crippen LogP contribution in [0, 0.1) is 0 Å². The van der Waals surface area contributed by atoms with E-state index >= 15 is 0 Å². The Bertz CT molecular complexity index is 1030. The highest BCUT2D eigenvalue weighted by Crippen LogP contribution is 2.23. The first-order valence-corrected chi connectivity index (χ1v) is 11.7. The van der Waals surface area contributed by atoms with Crippen molar-refractivity contribution in [3.8, 4) is 0 Å². The number of para-hydroxylation sites is 1. The molecule has 1 heterocycles. The zero-order valence-electron chi connectivity index (χ0n) is 17.5. The van der Waals surface area contributed by atoms with Crippen LogP contribution in [0.4, 0.5) is 11.4 Å². The smallest absolute Gasteiger partial charge is 0.340 e. The largest absolute Gasteiger partial charge is 0.452 e. The molecule has 0 spiro atoms. The second-order valence-electron chi connectivity index (χ2n) is 7.27. The predicted molar refractivity (Wildman–Crippen MR) is 119 cm³/mol. The summed E-state index contributed by atoms with van der Waals surface area (Å²) in [6.45, 7) is 0.520. The van der Waals surface area contributed by atoms with Crippen molar-refractivity contribution in [3.63, 3.8) is 0 Å². The van der Waals surface area contributed by atoms with Gasteiger partial charge in [-0.15, -0.1) is 0 Å². The van der Waals surface area contributed by atoms with Gasteiger partial charge in [0, 0.05) is 31.5 Å². The average Bonchev–Trinajstić information content (AvgIpc) is 3.08. The van der Waals surface area contributed by atoms with Crippen LogP contribution in [0.25, 0.3) is 0 Å². The molecule has 0 aromatic heterocycles. The van der Waals surface area contributed by atoms with Crippen molar-refractivity contribution in [2.24, 2.45) is 0 Å². The first-order valence-electron chi connectivity index (χ1n) is 10.3. The maximum Gasteiger partial charge on any atom is 0.340 e. The third-order valence-corrected chi connectivity index (χ3v) is 6.97. The number of rotatable bonds is 7. The van der Waals surface area contributed by atoms with Crippen molar-refractivity contribution in [2.75, 3.05) is 37.4 Å². The molecule has 0 radical (unpaired) electrons. The van der Waals surface area contributed by atoms with Crippen LogP contribution in [0.2, 0.25) is 0 Å². The molecule has 0 unspecified atom stereocenters. The Morgan fingerprint density at radius 3 is 2.42 bits per heavy atom. The maximum atomic E-state index is 12.9. The Morgan fingerprint density at radius 1 is 1.00 bits per heavy atom. The molecule has 0 bridgehead atoms. The summed E-state index contributed by atoms with van der Waals surface area (Å²) in [6.07, 6.45) is 3.74. The minimum absolute atomic E-state index is 0.132. The summed E-state index contributed by atoms with van der Waals surface area (Å²) < 4.78 is 32.5. The third kappa shape index (κ3) is 5.83. The van der Waals surface area contributed by atoms with Crippen LogP contribution in [-0.2, 0) is 19.6 Å². The molecule has 31 heavy (non-hydrogen) atoms. The van der Waals surface area contributed by atoms with Gasteiger partial charge in [0.1, 0.15) is 0 Å². The fraction of sp³-hybridized carbons (Fsp3) is 0.364. The lowest BCUT2D eigenvalue weighted by Gasteiger charge is -2.20. The average molecular weight is 446 g/mol. The van der Waals surface area contributed by atoms with E-state index in [4.69, 9.17) is 4.74 Å². The maximum absolute atomic E-state index is 12.9. The van der Waals surface area contributed by atoms with Crippen LogP contribution < -0.4 is 10.6 Å². The molecule has 1 aliphatic rings. The first kappa shape index (κ1) is 22.8. The van der Waals surface area contributed by atoms with E-state index in [1.807, 2.05) is 0 Å². The zero-order valence-corrected chi connectivity index (χ0v) is 18.3. The van der Waals surface area contributed by atoms with Gasteiger partial charge in [-0.2, -0.15) is 4.31 Å². The SMILES string of the molecule is CNc1ccccc1C(=O)OCC(=O)Nc1cccc(S(=O)(=O)N2CCCCCC2)c1. The van der Waals surface area contributed by atoms with Crippen molar-refractivity contribution in [2.45, 2.75) is 30.6 Å². The number of sulfonamides is 1. The lowest BCUT2D eigenvalue weighted by Crippen LogP contribution is -2.32. The highest BCUT2D eigenvalue weighted by Gasteiger charge is 2.25. The molecule has 1 fully saturated rings. The number of hydrogen-bond acceptors (Lipinski definition) is 6. The van der Waals surface area contributed by atoms with Crippen LogP contribution in [0.3, 0.4) is 0 Å². The number of ether oxygens (including phenoxy) is 1. The van der Waals surface area contributed by atoms with Gasteiger partial charge in [0.15, 0.2) is 6.61 Å². The van der Waals surface area contributed by atoms with Gasteiger partial charge in [0.2, 0.25) is 10.0 Å². The number of carbonyl (C=O) groups is 2. The van der Waals surface area contributed by atoms with E-state index in [1.165, 1.54) is 16.4 Å². The standard InChI is InChI=1S/C22H27N3O5S/c1-23-20-12-5-4-11-19(20)22(27)30-16-21(26)24-17-9-8-10-18(15-17)31(28,29)25-13-6-2-3-7-14-25/h4-5,8-12,15,23H,2-3,6-7,13-14,16H2,1H3,(H,24,26). The summed E-state index contributed by atoms with van der Waals surface area (Å²) in [6, 6.07) is 12.9. The third-order valence-electron chi connectivity index (χ3n) is 5.07. The minimum Gasteiger partial charge on any atom is -0.452 e. The van der Waals surface area contributed by atoms with E-state index in [2.05, 4.69) is 10.6 Å². The van der Waals surface area contributed by atoms with Gasteiger partial charge < -0.3 is 15.4 Å². The van der Waals surface area contributed by atoms with Gasteiger partial charge in [-0.3, -0.25) is 4.79 Å². The molecule has 0 atom stereocenters. The second kappa shape index (κ2) is 10.4. The normalized spacial score (nSPS) is 15.0. The summed E-state index contributed by atoms with van der Waals surface area (Å²) in [5.41, 5.74) is 1.25. The number of nitrogens with zero attached hydrogens (tertiary/aromatic N) is 1. The van der Waals surface area contributed by atoms with E-state index in [0.717, 1.165) is 25.7 Å². The van der Waals surface area contributed by atoms with Gasteiger partial charge in [-0.05, 0) is 43.2 Å². The molecule has 166 valence electrons. The minimum atomic E-state index is -3.62. The van der Waals surface area contributed by atoms with Gasteiger partial charge in [0.25, 0.3) is 5.91 Å². The lowest BCUT2D eigenvalue weighted by molar-refractivity contribution is -0.119. The molecule has 1 amide bonds. The quantitative estimate of drug-likeness (QED) is 0.635. The number of benzene rings is 2. The van der Waals surface area contributed by atoms with Crippen LogP contribution in [0.15, 0.2) is 53.4 Å². The van der Waals surface area contributed by atoms with Crippen molar-refractivity contribution in [3.05, 3.63) is 54.1 Å². The van der Waals surface area contributed by atoms with Crippen molar-refractivity contribution in [1.82, 2.24) is 4.31 Å². The summed E-state index contributed by atoms with van der Waals surface area (Å²) in [5.74, 6) is -1.18. The van der Waals surface area contributed by atoms with Crippen LogP contribution >= 0.6 is 0 Å². The zero-order chi connectivity index (χ0) is 22.3. The molecular formula is C22H27N3O5S. The summed E-state index contributed by atoms with van der Waals surface area (Å²) in [4.78, 5) is 24.6. The van der Waals surface area contributed by atoms with E-state index in [-0.39, 0.29) is 4.90 Å². The van der Waals surface area contributed by atoms with Crippen LogP contribution in [0.1, 0.15) is 36.0 Å². The molecule has 9 heteroatoms. The van der Waals surface area contributed by atoms with Gasteiger partial charge >= 0.3 is 5.97 Å². The molecule has 2 aromatic rings. The number of carbonyl (C=O) groups excluding carboxylic acids is 2. The highest BCUT2D eigenvalue weighted by atomic mass is 32.2. The van der Waals surface area contributed by atoms with Crippen molar-refractivity contribution in [1.29, 1.82) is 0 Å². The summed E-state index contributed by atoms with van der Waals surface area (Å²) >= 11 is 0. The molecule has 2 aromatic carbocycles. The molecule has 1 aliphatic heterocycles. The number of amides is 1. The number of esters is 1. The van der Waals surface area contributed by atoms with E-state index in [0.29, 0.717) is 30.0 Å². The van der Waals surface area contributed by atoms with Gasteiger partial charge in [-0.1, -0.05) is 31.0 Å². The van der Waals surface area contributed by atoms with Crippen molar-refractivity contribution >= 4 is 33.3 Å². The fourth-order valence-corrected chi connectivity index (χ4v) is 5.01. The molecule has 2 N–H and O–H groups in total. The highest BCUT2D eigenvalue weighted by molar-refractivity contribution is 7.89. The van der Waals surface area contributed by atoms with E-state index in [1.54, 1.807) is 43.4 Å². The van der Waals surface area contributed by atoms with E-state index < -0.39 is 28.5 Å². The van der Waals surface area contributed by atoms with Gasteiger partial charge in [0.05, 0.1) is 10.5 Å². The Hall–Kier alpha value is -2.91. The van der Waals surface area contributed by atoms with Crippen LogP contribution in [0.5, 0.6) is 0 Å². The van der Waals surface area contributed by atoms with Crippen molar-refractivity contribution < 1.29 is 22.7 Å².